The molecule has 0 aromatic heterocycles. The fourth-order valence-corrected chi connectivity index (χ4v) is 3.78. The van der Waals surface area contributed by atoms with E-state index in [1.165, 1.54) is 44.9 Å². The maximum absolute atomic E-state index is 6.34. The second-order valence-electron chi connectivity index (χ2n) is 6.30. The Bertz CT molecular complexity index is 257. The van der Waals surface area contributed by atoms with Gasteiger partial charge >= 0.3 is 0 Å². The highest BCUT2D eigenvalue weighted by Crippen LogP contribution is 2.41. The Morgan fingerprint density at radius 2 is 1.78 bits per heavy atom. The molecule has 1 unspecified atom stereocenters. The average Bonchev–Trinajstić information content (AvgIpc) is 2.82. The summed E-state index contributed by atoms with van der Waals surface area (Å²) in [4.78, 5) is 0. The second kappa shape index (κ2) is 5.89. The molecule has 0 bridgehead atoms. The number of ether oxygens (including phenoxy) is 2. The van der Waals surface area contributed by atoms with Gasteiger partial charge in [-0.15, -0.1) is 0 Å². The Labute approximate surface area is 111 Å². The molecule has 0 amide bonds. The highest BCUT2D eigenvalue weighted by Gasteiger charge is 2.40. The van der Waals surface area contributed by atoms with Crippen LogP contribution in [0.5, 0.6) is 0 Å². The minimum atomic E-state index is 0.250. The van der Waals surface area contributed by atoms with Crippen LogP contribution in [0.2, 0.25) is 0 Å². The summed E-state index contributed by atoms with van der Waals surface area (Å²) in [7, 11) is 0. The Morgan fingerprint density at radius 1 is 1.00 bits per heavy atom. The summed E-state index contributed by atoms with van der Waals surface area (Å²) in [6.45, 7) is 3.05. The van der Waals surface area contributed by atoms with Gasteiger partial charge < -0.3 is 14.8 Å². The van der Waals surface area contributed by atoms with Gasteiger partial charge in [-0.25, -0.2) is 0 Å². The van der Waals surface area contributed by atoms with Crippen molar-refractivity contribution in [2.24, 2.45) is 0 Å². The molecule has 1 aliphatic carbocycles. The molecule has 1 atom stereocenters. The van der Waals surface area contributed by atoms with Crippen LogP contribution in [-0.4, -0.2) is 37.5 Å². The van der Waals surface area contributed by atoms with Gasteiger partial charge in [0.1, 0.15) is 0 Å². The van der Waals surface area contributed by atoms with Crippen molar-refractivity contribution in [2.75, 3.05) is 19.7 Å². The van der Waals surface area contributed by atoms with E-state index in [1.54, 1.807) is 0 Å². The van der Waals surface area contributed by atoms with Crippen LogP contribution in [0.15, 0.2) is 0 Å². The van der Waals surface area contributed by atoms with Crippen molar-refractivity contribution in [3.63, 3.8) is 0 Å². The molecule has 3 rings (SSSR count). The van der Waals surface area contributed by atoms with Crippen molar-refractivity contribution >= 4 is 0 Å². The van der Waals surface area contributed by atoms with E-state index in [0.717, 1.165) is 32.5 Å². The molecular weight excluding hydrogens is 226 g/mol. The third-order valence-electron chi connectivity index (χ3n) is 4.91. The van der Waals surface area contributed by atoms with Gasteiger partial charge in [-0.05, 0) is 51.6 Å². The van der Waals surface area contributed by atoms with Crippen LogP contribution in [-0.2, 0) is 9.47 Å². The SMILES string of the molecule is C1CCC2(CC1)CCC(COC1CCNCC1)O2. The van der Waals surface area contributed by atoms with Crippen LogP contribution in [0.1, 0.15) is 57.8 Å². The third kappa shape index (κ3) is 3.06. The quantitative estimate of drug-likeness (QED) is 0.838. The van der Waals surface area contributed by atoms with Crippen LogP contribution >= 0.6 is 0 Å². The topological polar surface area (TPSA) is 30.5 Å². The van der Waals surface area contributed by atoms with E-state index < -0.39 is 0 Å². The largest absolute Gasteiger partial charge is 0.375 e. The molecule has 1 N–H and O–H groups in total. The van der Waals surface area contributed by atoms with Gasteiger partial charge in [-0.2, -0.15) is 0 Å². The molecule has 3 nitrogen and oxygen atoms in total. The van der Waals surface area contributed by atoms with E-state index >= 15 is 0 Å². The zero-order chi connectivity index (χ0) is 12.3. The summed E-state index contributed by atoms with van der Waals surface area (Å²) in [6, 6.07) is 0. The van der Waals surface area contributed by atoms with Crippen molar-refractivity contribution in [1.82, 2.24) is 5.32 Å². The van der Waals surface area contributed by atoms with Gasteiger partial charge in [0.2, 0.25) is 0 Å². The lowest BCUT2D eigenvalue weighted by molar-refractivity contribution is -0.101. The molecule has 2 heterocycles. The first-order chi connectivity index (χ1) is 8.86. The molecule has 2 aliphatic heterocycles. The van der Waals surface area contributed by atoms with E-state index in [9.17, 15) is 0 Å². The van der Waals surface area contributed by atoms with Crippen LogP contribution < -0.4 is 5.32 Å². The molecule has 0 aromatic rings. The Kier molecular flexibility index (Phi) is 4.22. The van der Waals surface area contributed by atoms with Crippen LogP contribution in [0.4, 0.5) is 0 Å². The van der Waals surface area contributed by atoms with Gasteiger partial charge in [-0.1, -0.05) is 19.3 Å². The average molecular weight is 253 g/mol. The summed E-state index contributed by atoms with van der Waals surface area (Å²) in [5.74, 6) is 0. The predicted molar refractivity (Wildman–Crippen MR) is 71.8 cm³/mol. The van der Waals surface area contributed by atoms with Gasteiger partial charge in [-0.3, -0.25) is 0 Å². The normalized spacial score (nSPS) is 33.0. The third-order valence-corrected chi connectivity index (χ3v) is 4.91. The summed E-state index contributed by atoms with van der Waals surface area (Å²) in [5.41, 5.74) is 0.250. The fourth-order valence-electron chi connectivity index (χ4n) is 3.78. The summed E-state index contributed by atoms with van der Waals surface area (Å²) >= 11 is 0. The lowest BCUT2D eigenvalue weighted by Crippen LogP contribution is -2.35. The van der Waals surface area contributed by atoms with E-state index in [-0.39, 0.29) is 5.60 Å². The summed E-state index contributed by atoms with van der Waals surface area (Å²) in [6.07, 6.45) is 12.4. The molecule has 3 fully saturated rings. The van der Waals surface area contributed by atoms with Crippen molar-refractivity contribution in [2.45, 2.75) is 75.6 Å². The van der Waals surface area contributed by atoms with Crippen molar-refractivity contribution in [3.8, 4) is 0 Å². The Balaban J connectivity index is 1.41. The summed E-state index contributed by atoms with van der Waals surface area (Å²) in [5, 5.41) is 3.38. The standard InChI is InChI=1S/C15H27NO2/c1-2-7-15(8-3-1)9-4-14(18-15)12-17-13-5-10-16-11-6-13/h13-14,16H,1-12H2. The second-order valence-corrected chi connectivity index (χ2v) is 6.30. The van der Waals surface area contributed by atoms with Crippen molar-refractivity contribution in [1.29, 1.82) is 0 Å². The van der Waals surface area contributed by atoms with E-state index in [0.29, 0.717) is 12.2 Å². The number of hydrogen-bond donors (Lipinski definition) is 1. The molecule has 0 radical (unpaired) electrons. The molecule has 3 aliphatic rings. The highest BCUT2D eigenvalue weighted by atomic mass is 16.6. The first-order valence-electron chi connectivity index (χ1n) is 7.86. The number of rotatable bonds is 3. The minimum absolute atomic E-state index is 0.250. The maximum Gasteiger partial charge on any atom is 0.0817 e. The highest BCUT2D eigenvalue weighted by molar-refractivity contribution is 4.91. The van der Waals surface area contributed by atoms with Crippen LogP contribution in [0, 0.1) is 0 Å². The summed E-state index contributed by atoms with van der Waals surface area (Å²) < 4.78 is 12.4. The molecule has 2 saturated heterocycles. The van der Waals surface area contributed by atoms with Gasteiger partial charge in [0, 0.05) is 0 Å². The zero-order valence-electron chi connectivity index (χ0n) is 11.5. The van der Waals surface area contributed by atoms with E-state index in [1.807, 2.05) is 0 Å². The molecule has 0 aromatic carbocycles. The van der Waals surface area contributed by atoms with Crippen molar-refractivity contribution < 1.29 is 9.47 Å². The molecule has 1 saturated carbocycles. The molecular formula is C15H27NO2. The van der Waals surface area contributed by atoms with Crippen LogP contribution in [0.3, 0.4) is 0 Å². The predicted octanol–water partition coefficient (Wildman–Crippen LogP) is 2.64. The van der Waals surface area contributed by atoms with Crippen LogP contribution in [0.25, 0.3) is 0 Å². The lowest BCUT2D eigenvalue weighted by Gasteiger charge is -2.33. The maximum atomic E-state index is 6.34. The van der Waals surface area contributed by atoms with E-state index in [4.69, 9.17) is 9.47 Å². The van der Waals surface area contributed by atoms with Gasteiger partial charge in [0.25, 0.3) is 0 Å². The smallest absolute Gasteiger partial charge is 0.0817 e. The molecule has 104 valence electrons. The zero-order valence-corrected chi connectivity index (χ0v) is 11.5. The van der Waals surface area contributed by atoms with Crippen molar-refractivity contribution in [3.05, 3.63) is 0 Å². The molecule has 3 heteroatoms. The Hall–Kier alpha value is -0.120. The monoisotopic (exact) mass is 253 g/mol. The minimum Gasteiger partial charge on any atom is -0.375 e. The number of piperidine rings is 1. The van der Waals surface area contributed by atoms with E-state index in [2.05, 4.69) is 5.32 Å². The van der Waals surface area contributed by atoms with Gasteiger partial charge in [0.05, 0.1) is 24.4 Å². The van der Waals surface area contributed by atoms with Gasteiger partial charge in [0.15, 0.2) is 0 Å². The molecule has 1 spiro atoms. The fraction of sp³-hybridized carbons (Fsp3) is 1.00. The number of nitrogens with one attached hydrogen (secondary N) is 1. The number of hydrogen-bond acceptors (Lipinski definition) is 3. The molecule has 18 heavy (non-hydrogen) atoms. The first-order valence-corrected chi connectivity index (χ1v) is 7.86. The first kappa shape index (κ1) is 12.9. The Morgan fingerprint density at radius 3 is 2.56 bits per heavy atom. The lowest BCUT2D eigenvalue weighted by atomic mass is 9.83.